The van der Waals surface area contributed by atoms with E-state index >= 15 is 0 Å². The number of fused-ring (bicyclic) bond motifs is 1. The Morgan fingerprint density at radius 2 is 1.78 bits per heavy atom. The molecule has 0 amide bonds. The fraction of sp³-hybridized carbons (Fsp3) is 0.276. The zero-order valence-electron chi connectivity index (χ0n) is 20.8. The quantitative estimate of drug-likeness (QED) is 0.402. The number of hydrogen-bond donors (Lipinski definition) is 0. The number of imidazole rings is 1. The number of aromatic nitrogens is 2. The Morgan fingerprint density at radius 1 is 1.00 bits per heavy atom. The molecule has 2 aromatic heterocycles. The van der Waals surface area contributed by atoms with Crippen LogP contribution in [-0.4, -0.2) is 64.6 Å². The van der Waals surface area contributed by atoms with Crippen molar-refractivity contribution in [3.63, 3.8) is 0 Å². The Labute approximate surface area is 210 Å². The molecule has 1 unspecified atom stereocenters. The summed E-state index contributed by atoms with van der Waals surface area (Å²) < 4.78 is 7.71. The summed E-state index contributed by atoms with van der Waals surface area (Å²) >= 11 is 0. The fourth-order valence-corrected chi connectivity index (χ4v) is 5.61. The highest BCUT2D eigenvalue weighted by Crippen LogP contribution is 2.45. The third-order valence-electron chi connectivity index (χ3n) is 7.41. The molecule has 7 nitrogen and oxygen atoms in total. The van der Waals surface area contributed by atoms with Gasteiger partial charge in [0.05, 0.1) is 24.2 Å². The van der Waals surface area contributed by atoms with E-state index < -0.39 is 0 Å². The second-order valence-corrected chi connectivity index (χ2v) is 9.53. The molecule has 0 bridgehead atoms. The van der Waals surface area contributed by atoms with Gasteiger partial charge in [0.15, 0.2) is 11.6 Å². The maximum absolute atomic E-state index is 12.8. The average Bonchev–Trinajstić information content (AvgIpc) is 3.62. The lowest BCUT2D eigenvalue weighted by Gasteiger charge is -2.35. The summed E-state index contributed by atoms with van der Waals surface area (Å²) in [6.07, 6.45) is 3.47. The summed E-state index contributed by atoms with van der Waals surface area (Å²) in [7, 11) is 2.14. The van der Waals surface area contributed by atoms with Crippen LogP contribution in [0.5, 0.6) is 0 Å². The van der Waals surface area contributed by atoms with Gasteiger partial charge in [0, 0.05) is 37.8 Å². The molecule has 0 N–H and O–H groups in total. The van der Waals surface area contributed by atoms with Crippen LogP contribution in [0.4, 0.5) is 5.82 Å². The first-order valence-corrected chi connectivity index (χ1v) is 12.4. The van der Waals surface area contributed by atoms with Gasteiger partial charge in [-0.3, -0.25) is 4.57 Å². The minimum Gasteiger partial charge on any atom is -0.448 e. The first kappa shape index (κ1) is 22.4. The molecule has 1 saturated heterocycles. The van der Waals surface area contributed by atoms with Gasteiger partial charge in [-0.1, -0.05) is 42.5 Å². The second kappa shape index (κ2) is 8.86. The first-order chi connectivity index (χ1) is 17.6. The lowest BCUT2D eigenvalue weighted by atomic mass is 9.93. The molecule has 4 aromatic rings. The van der Waals surface area contributed by atoms with E-state index in [4.69, 9.17) is 4.42 Å². The molecule has 7 heteroatoms. The molecule has 0 spiro atoms. The first-order valence-electron chi connectivity index (χ1n) is 12.4. The zero-order valence-corrected chi connectivity index (χ0v) is 20.8. The largest absolute Gasteiger partial charge is 0.448 e. The van der Waals surface area contributed by atoms with Crippen molar-refractivity contribution < 1.29 is 9.21 Å². The van der Waals surface area contributed by atoms with Gasteiger partial charge in [0.1, 0.15) is 11.6 Å². The number of nitrogens with zero attached hydrogens (tertiary/aromatic N) is 5. The van der Waals surface area contributed by atoms with Crippen molar-refractivity contribution in [2.45, 2.75) is 19.9 Å². The van der Waals surface area contributed by atoms with Crippen molar-refractivity contribution >= 4 is 28.1 Å². The van der Waals surface area contributed by atoms with E-state index in [1.54, 1.807) is 6.26 Å². The van der Waals surface area contributed by atoms with Crippen molar-refractivity contribution in [2.24, 2.45) is 0 Å². The molecule has 0 saturated carbocycles. The summed E-state index contributed by atoms with van der Waals surface area (Å²) in [5.41, 5.74) is 3.79. The molecule has 0 aliphatic carbocycles. The number of likely N-dealkylation sites (N-methyl/N-ethyl adjacent to an activating group) is 1. The predicted octanol–water partition coefficient (Wildman–Crippen LogP) is 4.51. The van der Waals surface area contributed by atoms with Crippen LogP contribution >= 0.6 is 0 Å². The molecule has 1 atom stereocenters. The second-order valence-electron chi connectivity index (χ2n) is 9.53. The van der Waals surface area contributed by atoms with E-state index in [1.807, 2.05) is 29.8 Å². The monoisotopic (exact) mass is 479 g/mol. The summed E-state index contributed by atoms with van der Waals surface area (Å²) in [6.45, 7) is 7.68. The lowest BCUT2D eigenvalue weighted by molar-refractivity contribution is 0.190. The predicted molar refractivity (Wildman–Crippen MR) is 142 cm³/mol. The molecule has 2 aromatic carbocycles. The van der Waals surface area contributed by atoms with Gasteiger partial charge in [0.25, 0.3) is 0 Å². The van der Waals surface area contributed by atoms with Crippen LogP contribution < -0.4 is 4.90 Å². The van der Waals surface area contributed by atoms with Crippen molar-refractivity contribution in [3.8, 4) is 5.88 Å². The SMILES string of the molecule is Cc1ncc(N2C(=C=O)C(N3CCN(C)CC3)=C(c3cccc4ccccc34)C2C)n1-c1ccco1. The van der Waals surface area contributed by atoms with Gasteiger partial charge in [-0.15, -0.1) is 0 Å². The van der Waals surface area contributed by atoms with E-state index in [1.165, 1.54) is 10.8 Å². The number of furan rings is 1. The Balaban J connectivity index is 1.57. The van der Waals surface area contributed by atoms with Crippen LogP contribution in [0, 0.1) is 6.92 Å². The van der Waals surface area contributed by atoms with Crippen molar-refractivity contribution in [1.29, 1.82) is 0 Å². The number of anilines is 1. The summed E-state index contributed by atoms with van der Waals surface area (Å²) in [6, 6.07) is 18.5. The van der Waals surface area contributed by atoms with Gasteiger partial charge in [-0.05, 0) is 43.3 Å². The number of piperazine rings is 1. The highest BCUT2D eigenvalue weighted by atomic mass is 16.3. The van der Waals surface area contributed by atoms with E-state index in [0.29, 0.717) is 11.6 Å². The maximum atomic E-state index is 12.8. The molecular weight excluding hydrogens is 450 g/mol. The Morgan fingerprint density at radius 3 is 2.53 bits per heavy atom. The zero-order chi connectivity index (χ0) is 24.8. The van der Waals surface area contributed by atoms with Crippen molar-refractivity contribution in [1.82, 2.24) is 19.4 Å². The van der Waals surface area contributed by atoms with E-state index in [2.05, 4.69) is 82.1 Å². The van der Waals surface area contributed by atoms with Crippen molar-refractivity contribution in [2.75, 3.05) is 38.1 Å². The molecule has 4 heterocycles. The molecular formula is C29H29N5O2. The van der Waals surface area contributed by atoms with Crippen molar-refractivity contribution in [3.05, 3.63) is 89.8 Å². The van der Waals surface area contributed by atoms with Crippen LogP contribution in [0.1, 0.15) is 18.3 Å². The highest BCUT2D eigenvalue weighted by Gasteiger charge is 2.41. The lowest BCUT2D eigenvalue weighted by Crippen LogP contribution is -2.44. The van der Waals surface area contributed by atoms with Gasteiger partial charge in [-0.2, -0.15) is 0 Å². The number of aryl methyl sites for hydroxylation is 1. The molecule has 2 aliphatic rings. The topological polar surface area (TPSA) is 57.8 Å². The molecule has 6 rings (SSSR count). The molecule has 1 fully saturated rings. The summed E-state index contributed by atoms with van der Waals surface area (Å²) in [5, 5.41) is 2.36. The number of hydrogen-bond acceptors (Lipinski definition) is 6. The summed E-state index contributed by atoms with van der Waals surface area (Å²) in [4.78, 5) is 24.1. The van der Waals surface area contributed by atoms with Crippen LogP contribution in [0.2, 0.25) is 0 Å². The maximum Gasteiger partial charge on any atom is 0.206 e. The van der Waals surface area contributed by atoms with Gasteiger partial charge >= 0.3 is 0 Å². The van der Waals surface area contributed by atoms with E-state index in [0.717, 1.165) is 54.7 Å². The standard InChI is InChI=1S/C29H29N5O2/c1-20-28(24-11-6-9-22-8-4-5-10-23(22)24)29(32-15-13-31(3)14-16-32)25(19-35)33(20)26-18-30-21(2)34(26)27-12-7-17-36-27/h4-12,17-18,20H,13-16H2,1-3H3. The number of rotatable bonds is 4. The smallest absolute Gasteiger partial charge is 0.206 e. The minimum atomic E-state index is -0.119. The fourth-order valence-electron chi connectivity index (χ4n) is 5.61. The molecule has 0 radical (unpaired) electrons. The minimum absolute atomic E-state index is 0.119. The summed E-state index contributed by atoms with van der Waals surface area (Å²) in [5.74, 6) is 4.58. The average molecular weight is 480 g/mol. The third-order valence-corrected chi connectivity index (χ3v) is 7.41. The number of benzene rings is 2. The number of carbonyl (C=O) groups excluding carboxylic acids is 1. The van der Waals surface area contributed by atoms with Crippen LogP contribution in [0.3, 0.4) is 0 Å². The van der Waals surface area contributed by atoms with E-state index in [-0.39, 0.29) is 6.04 Å². The molecule has 36 heavy (non-hydrogen) atoms. The van der Waals surface area contributed by atoms with Crippen LogP contribution in [0.15, 0.2) is 82.9 Å². The highest BCUT2D eigenvalue weighted by molar-refractivity contribution is 6.00. The van der Waals surface area contributed by atoms with E-state index in [9.17, 15) is 4.79 Å². The third kappa shape index (κ3) is 3.48. The van der Waals surface area contributed by atoms with Gasteiger partial charge in [0.2, 0.25) is 5.88 Å². The van der Waals surface area contributed by atoms with Gasteiger partial charge in [-0.25, -0.2) is 9.78 Å². The van der Waals surface area contributed by atoms with Crippen LogP contribution in [0.25, 0.3) is 22.2 Å². The van der Waals surface area contributed by atoms with Gasteiger partial charge < -0.3 is 19.1 Å². The van der Waals surface area contributed by atoms with Crippen LogP contribution in [-0.2, 0) is 4.79 Å². The Hall–Kier alpha value is -4.06. The normalized spacial score (nSPS) is 19.0. The molecule has 2 aliphatic heterocycles. The molecule has 182 valence electrons. The Bertz CT molecular complexity index is 1500. The Kier molecular flexibility index (Phi) is 5.52.